The lowest BCUT2D eigenvalue weighted by atomic mass is 10.0. The fraction of sp³-hybridized carbons (Fsp3) is 0.174. The monoisotopic (exact) mass is 423 g/mol. The summed E-state index contributed by atoms with van der Waals surface area (Å²) in [5.41, 5.74) is 3.98. The second kappa shape index (κ2) is 9.00. The van der Waals surface area contributed by atoms with Crippen LogP contribution >= 0.6 is 0 Å². The molecule has 0 aromatic heterocycles. The Morgan fingerprint density at radius 1 is 0.900 bits per heavy atom. The van der Waals surface area contributed by atoms with Gasteiger partial charge < -0.3 is 16.0 Å². The molecule has 7 heteroatoms. The highest BCUT2D eigenvalue weighted by Gasteiger charge is 2.12. The van der Waals surface area contributed by atoms with Gasteiger partial charge in [-0.05, 0) is 55.0 Å². The van der Waals surface area contributed by atoms with Gasteiger partial charge in [-0.15, -0.1) is 0 Å². The predicted molar refractivity (Wildman–Crippen MR) is 122 cm³/mol. The summed E-state index contributed by atoms with van der Waals surface area (Å²) in [6.45, 7) is 2.05. The second-order valence-corrected chi connectivity index (χ2v) is 9.05. The van der Waals surface area contributed by atoms with Crippen molar-refractivity contribution in [3.05, 3.63) is 83.9 Å². The zero-order valence-corrected chi connectivity index (χ0v) is 18.0. The summed E-state index contributed by atoms with van der Waals surface area (Å²) in [6, 6.07) is 21.5. The maximum absolute atomic E-state index is 12.5. The van der Waals surface area contributed by atoms with Gasteiger partial charge in [0.25, 0.3) is 5.91 Å². The summed E-state index contributed by atoms with van der Waals surface area (Å²) in [4.78, 5) is 12.7. The van der Waals surface area contributed by atoms with E-state index in [2.05, 4.69) is 22.9 Å². The molecule has 0 spiro atoms. The number of sulfone groups is 1. The van der Waals surface area contributed by atoms with E-state index in [4.69, 9.17) is 0 Å². The molecule has 0 aliphatic carbocycles. The normalized spacial score (nSPS) is 12.1. The Morgan fingerprint density at radius 3 is 2.20 bits per heavy atom. The molecule has 0 aliphatic heterocycles. The molecule has 3 aromatic carbocycles. The Labute approximate surface area is 177 Å². The SMILES string of the molecule is CNc1ccccc1NC(C)c1ccc(C(=O)Nc2cccc(S(C)(=O)=O)c2)cc1. The third kappa shape index (κ3) is 5.18. The van der Waals surface area contributed by atoms with Gasteiger partial charge in [0.05, 0.1) is 16.3 Å². The van der Waals surface area contributed by atoms with E-state index in [1.54, 1.807) is 24.3 Å². The quantitative estimate of drug-likeness (QED) is 0.519. The number of anilines is 3. The van der Waals surface area contributed by atoms with Crippen molar-refractivity contribution >= 4 is 32.8 Å². The van der Waals surface area contributed by atoms with Crippen LogP contribution in [0.1, 0.15) is 28.9 Å². The Bertz CT molecular complexity index is 1140. The van der Waals surface area contributed by atoms with Crippen LogP contribution in [0.2, 0.25) is 0 Å². The Morgan fingerprint density at radius 2 is 1.57 bits per heavy atom. The smallest absolute Gasteiger partial charge is 0.255 e. The first-order valence-electron chi connectivity index (χ1n) is 9.52. The van der Waals surface area contributed by atoms with E-state index in [-0.39, 0.29) is 16.8 Å². The van der Waals surface area contributed by atoms with Gasteiger partial charge in [-0.2, -0.15) is 0 Å². The van der Waals surface area contributed by atoms with E-state index in [1.807, 2.05) is 43.4 Å². The number of carbonyl (C=O) groups excluding carboxylic acids is 1. The van der Waals surface area contributed by atoms with Crippen molar-refractivity contribution < 1.29 is 13.2 Å². The summed E-state index contributed by atoms with van der Waals surface area (Å²) in [6.07, 6.45) is 1.14. The van der Waals surface area contributed by atoms with Crippen LogP contribution in [0.5, 0.6) is 0 Å². The number of rotatable bonds is 7. The molecule has 156 valence electrons. The average Bonchev–Trinajstić information content (AvgIpc) is 2.74. The summed E-state index contributed by atoms with van der Waals surface area (Å²) < 4.78 is 23.4. The molecule has 0 heterocycles. The van der Waals surface area contributed by atoms with Crippen LogP contribution in [0.15, 0.2) is 77.7 Å². The second-order valence-electron chi connectivity index (χ2n) is 7.04. The summed E-state index contributed by atoms with van der Waals surface area (Å²) in [5, 5.41) is 9.37. The van der Waals surface area contributed by atoms with Crippen LogP contribution in [0.4, 0.5) is 17.1 Å². The lowest BCUT2D eigenvalue weighted by molar-refractivity contribution is 0.102. The van der Waals surface area contributed by atoms with Gasteiger partial charge in [-0.25, -0.2) is 8.42 Å². The van der Waals surface area contributed by atoms with Gasteiger partial charge >= 0.3 is 0 Å². The standard InChI is InChI=1S/C23H25N3O3S/c1-16(25-22-10-5-4-9-21(22)24-2)17-11-13-18(14-12-17)23(27)26-19-7-6-8-20(15-19)30(3,28)29/h4-16,24-25H,1-3H3,(H,26,27). The van der Waals surface area contributed by atoms with E-state index in [0.717, 1.165) is 23.2 Å². The van der Waals surface area contributed by atoms with Crippen molar-refractivity contribution in [2.24, 2.45) is 0 Å². The van der Waals surface area contributed by atoms with Crippen molar-refractivity contribution in [1.29, 1.82) is 0 Å². The summed E-state index contributed by atoms with van der Waals surface area (Å²) in [7, 11) is -1.46. The number of hydrogen-bond donors (Lipinski definition) is 3. The van der Waals surface area contributed by atoms with Gasteiger partial charge in [0.1, 0.15) is 0 Å². The highest BCUT2D eigenvalue weighted by Crippen LogP contribution is 2.26. The molecule has 0 aliphatic rings. The lowest BCUT2D eigenvalue weighted by Gasteiger charge is -2.18. The lowest BCUT2D eigenvalue weighted by Crippen LogP contribution is -2.13. The molecule has 0 saturated heterocycles. The molecule has 0 saturated carbocycles. The van der Waals surface area contributed by atoms with Crippen LogP contribution in [0, 0.1) is 0 Å². The first-order chi connectivity index (χ1) is 14.3. The average molecular weight is 424 g/mol. The molecule has 0 radical (unpaired) electrons. The molecule has 30 heavy (non-hydrogen) atoms. The number of amides is 1. The summed E-state index contributed by atoms with van der Waals surface area (Å²) >= 11 is 0. The molecule has 1 amide bonds. The first kappa shape index (κ1) is 21.4. The van der Waals surface area contributed by atoms with Gasteiger partial charge in [0.15, 0.2) is 9.84 Å². The fourth-order valence-corrected chi connectivity index (χ4v) is 3.74. The molecule has 3 rings (SSSR count). The largest absolute Gasteiger partial charge is 0.386 e. The molecular weight excluding hydrogens is 398 g/mol. The number of nitrogens with one attached hydrogen (secondary N) is 3. The third-order valence-electron chi connectivity index (χ3n) is 4.76. The zero-order valence-electron chi connectivity index (χ0n) is 17.1. The molecular formula is C23H25N3O3S. The van der Waals surface area contributed by atoms with Crippen molar-refractivity contribution in [2.45, 2.75) is 17.9 Å². The van der Waals surface area contributed by atoms with Crippen LogP contribution in [-0.4, -0.2) is 27.6 Å². The highest BCUT2D eigenvalue weighted by atomic mass is 32.2. The van der Waals surface area contributed by atoms with Crippen LogP contribution in [-0.2, 0) is 9.84 Å². The minimum Gasteiger partial charge on any atom is -0.386 e. The maximum Gasteiger partial charge on any atom is 0.255 e. The summed E-state index contributed by atoms with van der Waals surface area (Å²) in [5.74, 6) is -0.298. The predicted octanol–water partition coefficient (Wildman–Crippen LogP) is 4.56. The first-order valence-corrected chi connectivity index (χ1v) is 11.4. The van der Waals surface area contributed by atoms with E-state index in [1.165, 1.54) is 12.1 Å². The number of hydrogen-bond acceptors (Lipinski definition) is 5. The number of carbonyl (C=O) groups is 1. The highest BCUT2D eigenvalue weighted by molar-refractivity contribution is 7.90. The van der Waals surface area contributed by atoms with Gasteiger partial charge in [-0.1, -0.05) is 30.3 Å². The fourth-order valence-electron chi connectivity index (χ4n) is 3.07. The molecule has 3 N–H and O–H groups in total. The van der Waals surface area contributed by atoms with E-state index in [9.17, 15) is 13.2 Å². The van der Waals surface area contributed by atoms with Crippen molar-refractivity contribution in [3.63, 3.8) is 0 Å². The zero-order chi connectivity index (χ0) is 21.7. The Hall–Kier alpha value is -3.32. The number of benzene rings is 3. The minimum atomic E-state index is -3.33. The van der Waals surface area contributed by atoms with Gasteiger partial charge in [0, 0.05) is 30.6 Å². The van der Waals surface area contributed by atoms with Crippen LogP contribution < -0.4 is 16.0 Å². The van der Waals surface area contributed by atoms with E-state index >= 15 is 0 Å². The molecule has 0 bridgehead atoms. The van der Waals surface area contributed by atoms with Crippen LogP contribution in [0.25, 0.3) is 0 Å². The third-order valence-corrected chi connectivity index (χ3v) is 5.87. The van der Waals surface area contributed by atoms with Crippen molar-refractivity contribution in [3.8, 4) is 0 Å². The maximum atomic E-state index is 12.5. The Balaban J connectivity index is 1.70. The van der Waals surface area contributed by atoms with Crippen LogP contribution in [0.3, 0.4) is 0 Å². The molecule has 1 atom stereocenters. The molecule has 0 fully saturated rings. The molecule has 3 aromatic rings. The van der Waals surface area contributed by atoms with E-state index in [0.29, 0.717) is 11.3 Å². The van der Waals surface area contributed by atoms with Crippen molar-refractivity contribution in [2.75, 3.05) is 29.3 Å². The van der Waals surface area contributed by atoms with Gasteiger partial charge in [-0.3, -0.25) is 4.79 Å². The molecule has 6 nitrogen and oxygen atoms in total. The van der Waals surface area contributed by atoms with E-state index < -0.39 is 9.84 Å². The Kier molecular flexibility index (Phi) is 6.42. The van der Waals surface area contributed by atoms with Gasteiger partial charge in [0.2, 0.25) is 0 Å². The number of para-hydroxylation sites is 2. The minimum absolute atomic E-state index is 0.0445. The van der Waals surface area contributed by atoms with Crippen molar-refractivity contribution in [1.82, 2.24) is 0 Å². The topological polar surface area (TPSA) is 87.3 Å². The molecule has 1 unspecified atom stereocenters.